The van der Waals surface area contributed by atoms with Gasteiger partial charge < -0.3 is 20.2 Å². The second kappa shape index (κ2) is 12.3. The molecule has 2 aliphatic heterocycles. The van der Waals surface area contributed by atoms with E-state index < -0.39 is 47.9 Å². The number of hydrogen-bond donors (Lipinski definition) is 2. The number of hydrogen-bond acceptors (Lipinski definition) is 7. The van der Waals surface area contributed by atoms with Crippen LogP contribution in [0.15, 0.2) is 12.3 Å². The van der Waals surface area contributed by atoms with Crippen LogP contribution < -0.4 is 5.32 Å². The number of pyridine rings is 1. The fourth-order valence-corrected chi connectivity index (χ4v) is 5.82. The van der Waals surface area contributed by atoms with E-state index in [1.54, 1.807) is 18.7 Å². The summed E-state index contributed by atoms with van der Waals surface area (Å²) in [6.07, 6.45) is -3.45. The quantitative estimate of drug-likeness (QED) is 0.379. The molecule has 2 saturated heterocycles. The van der Waals surface area contributed by atoms with E-state index in [9.17, 15) is 36.6 Å². The van der Waals surface area contributed by atoms with Crippen molar-refractivity contribution < 1.29 is 36.6 Å². The van der Waals surface area contributed by atoms with E-state index in [2.05, 4.69) is 9.97 Å². The van der Waals surface area contributed by atoms with Gasteiger partial charge in [-0.25, -0.2) is 18.7 Å². The van der Waals surface area contributed by atoms with Crippen LogP contribution in [0.2, 0.25) is 0 Å². The van der Waals surface area contributed by atoms with Gasteiger partial charge in [-0.2, -0.15) is 13.2 Å². The van der Waals surface area contributed by atoms with Crippen molar-refractivity contribution >= 4 is 29.0 Å². The minimum absolute atomic E-state index is 0.00108. The van der Waals surface area contributed by atoms with Gasteiger partial charge in [-0.15, -0.1) is 11.3 Å². The summed E-state index contributed by atoms with van der Waals surface area (Å²) < 4.78 is 66.1. The van der Waals surface area contributed by atoms with Crippen molar-refractivity contribution in [1.82, 2.24) is 19.8 Å². The van der Waals surface area contributed by atoms with E-state index in [1.807, 2.05) is 19.2 Å². The second-order valence-corrected chi connectivity index (χ2v) is 11.1. The van der Waals surface area contributed by atoms with E-state index in [4.69, 9.17) is 0 Å². The maximum Gasteiger partial charge on any atom is 0.405 e. The number of amides is 2. The van der Waals surface area contributed by atoms with Crippen LogP contribution in [-0.4, -0.2) is 80.7 Å². The monoisotopic (exact) mass is 591 g/mol. The summed E-state index contributed by atoms with van der Waals surface area (Å²) in [6.45, 7) is 5.43. The highest BCUT2D eigenvalue weighted by atomic mass is 32.1. The number of aromatic nitrogens is 2. The van der Waals surface area contributed by atoms with Crippen molar-refractivity contribution in [3.05, 3.63) is 28.5 Å². The lowest BCUT2D eigenvalue weighted by molar-refractivity contribution is -0.115. The molecule has 2 fully saturated rings. The van der Waals surface area contributed by atoms with Crippen LogP contribution in [0, 0.1) is 0 Å². The summed E-state index contributed by atoms with van der Waals surface area (Å²) in [6, 6.07) is 0.805. The fourth-order valence-electron chi connectivity index (χ4n) is 4.76. The Labute approximate surface area is 233 Å². The Bertz CT molecular complexity index is 1200. The van der Waals surface area contributed by atoms with Crippen LogP contribution in [0.4, 0.5) is 27.8 Å². The van der Waals surface area contributed by atoms with Gasteiger partial charge >= 0.3 is 6.18 Å². The Hall–Kier alpha value is -2.87. The van der Waals surface area contributed by atoms with E-state index in [-0.39, 0.29) is 39.8 Å². The number of fused-ring (bicyclic) bond motifs is 2. The highest BCUT2D eigenvalue weighted by Crippen LogP contribution is 2.42. The van der Waals surface area contributed by atoms with Gasteiger partial charge in [0, 0.05) is 36.5 Å². The molecule has 2 aromatic rings. The molecule has 2 aromatic heterocycles. The Kier molecular flexibility index (Phi) is 9.76. The molecular weight excluding hydrogens is 557 g/mol. The Morgan fingerprint density at radius 2 is 1.75 bits per heavy atom. The number of carbonyl (C=O) groups excluding carboxylic acids is 2. The van der Waals surface area contributed by atoms with Crippen molar-refractivity contribution in [3.63, 3.8) is 0 Å². The van der Waals surface area contributed by atoms with E-state index >= 15 is 0 Å². The number of halogens is 5. The number of nitrogens with one attached hydrogen (secondary N) is 1. The molecule has 222 valence electrons. The molecule has 14 heteroatoms. The molecule has 0 atom stereocenters. The highest BCUT2D eigenvalue weighted by Gasteiger charge is 2.44. The molecule has 0 saturated carbocycles. The lowest BCUT2D eigenvalue weighted by Gasteiger charge is -2.33. The normalized spacial score (nSPS) is 18.6. The molecule has 0 unspecified atom stereocenters. The second-order valence-electron chi connectivity index (χ2n) is 10.1. The van der Waals surface area contributed by atoms with Crippen molar-refractivity contribution in [1.29, 1.82) is 0 Å². The van der Waals surface area contributed by atoms with Gasteiger partial charge in [0.1, 0.15) is 18.1 Å². The first kappa shape index (κ1) is 31.7. The van der Waals surface area contributed by atoms with Crippen molar-refractivity contribution in [2.45, 2.75) is 83.6 Å². The van der Waals surface area contributed by atoms with Crippen LogP contribution >= 0.6 is 11.3 Å². The molecule has 0 aliphatic carbocycles. The molecule has 2 N–H and O–H groups in total. The topological polar surface area (TPSA) is 98.7 Å². The predicted octanol–water partition coefficient (Wildman–Crippen LogP) is 5.75. The summed E-state index contributed by atoms with van der Waals surface area (Å²) in [5, 5.41) is 11.5. The smallest absolute Gasteiger partial charge is 0.394 e. The van der Waals surface area contributed by atoms with Gasteiger partial charge in [0.25, 0.3) is 18.2 Å². The first-order valence-corrected chi connectivity index (χ1v) is 13.9. The summed E-state index contributed by atoms with van der Waals surface area (Å²) in [5.41, 5.74) is -1.97. The number of nitrogens with zero attached hydrogens (tertiary/aromatic N) is 4. The third-order valence-electron chi connectivity index (χ3n) is 7.19. The molecule has 2 bridgehead atoms. The Balaban J connectivity index is 0.00000216. The zero-order valence-corrected chi connectivity index (χ0v) is 23.8. The van der Waals surface area contributed by atoms with Gasteiger partial charge in [0.15, 0.2) is 5.01 Å². The lowest BCUT2D eigenvalue weighted by Crippen LogP contribution is -2.47. The number of aliphatic hydroxyl groups excluding tert-OH is 1. The van der Waals surface area contributed by atoms with Crippen LogP contribution in [-0.2, 0) is 0 Å². The summed E-state index contributed by atoms with van der Waals surface area (Å²) in [5.74, 6) is -1.50. The van der Waals surface area contributed by atoms with Gasteiger partial charge in [-0.1, -0.05) is 13.8 Å². The number of alkyl halides is 5. The SMILES string of the molecule is CC.CN(C(=O)c1nc(C(=O)N2C3CCC2CC3)c(-c2cnc(NCC(F)(F)F)cc2C(F)F)s1)C(C)(C)CO. The van der Waals surface area contributed by atoms with Crippen molar-refractivity contribution in [2.24, 2.45) is 0 Å². The molecule has 0 spiro atoms. The molecule has 4 rings (SSSR count). The minimum Gasteiger partial charge on any atom is -0.394 e. The van der Waals surface area contributed by atoms with Gasteiger partial charge in [0.05, 0.1) is 17.0 Å². The van der Waals surface area contributed by atoms with E-state index in [1.165, 1.54) is 11.9 Å². The Morgan fingerprint density at radius 3 is 2.25 bits per heavy atom. The first-order chi connectivity index (χ1) is 18.7. The van der Waals surface area contributed by atoms with Gasteiger partial charge in [-0.05, 0) is 45.6 Å². The zero-order valence-electron chi connectivity index (χ0n) is 23.0. The lowest BCUT2D eigenvalue weighted by atomic mass is 10.0. The van der Waals surface area contributed by atoms with E-state index in [0.29, 0.717) is 0 Å². The molecule has 2 aliphatic rings. The average molecular weight is 592 g/mol. The van der Waals surface area contributed by atoms with Crippen molar-refractivity contribution in [2.75, 3.05) is 25.5 Å². The third-order valence-corrected chi connectivity index (χ3v) is 8.26. The number of carbonyl (C=O) groups is 2. The van der Waals surface area contributed by atoms with Crippen molar-refractivity contribution in [3.8, 4) is 10.4 Å². The van der Waals surface area contributed by atoms with Crippen LogP contribution in [0.25, 0.3) is 10.4 Å². The summed E-state index contributed by atoms with van der Waals surface area (Å²) in [4.78, 5) is 38.0. The standard InChI is InChI=1S/C24H28F5N5O3S.C2H6/c1-23(2,11-35)33(3)22(37)20-32-17(21(36)34-12-4-5-13(34)7-6-12)18(38-20)15-9-30-16(8-14(15)19(25)26)31-10-24(27,28)29;1-2/h8-9,12-13,19,35H,4-7,10-11H2,1-3H3,(H,30,31);1-2H3. The van der Waals surface area contributed by atoms with Crippen LogP contribution in [0.3, 0.4) is 0 Å². The first-order valence-electron chi connectivity index (χ1n) is 13.0. The zero-order chi connectivity index (χ0) is 30.0. The molecule has 8 nitrogen and oxygen atoms in total. The minimum atomic E-state index is -4.58. The Morgan fingerprint density at radius 1 is 1.18 bits per heavy atom. The maximum atomic E-state index is 14.1. The van der Waals surface area contributed by atoms with Crippen LogP contribution in [0.5, 0.6) is 0 Å². The molecule has 2 amide bonds. The summed E-state index contributed by atoms with van der Waals surface area (Å²) in [7, 11) is 1.45. The number of rotatable bonds is 8. The number of thiazole rings is 1. The molecule has 40 heavy (non-hydrogen) atoms. The average Bonchev–Trinajstić information content (AvgIpc) is 3.66. The van der Waals surface area contributed by atoms with Gasteiger partial charge in [0.2, 0.25) is 0 Å². The third kappa shape index (κ3) is 6.54. The molecular formula is C26H34F5N5O3S. The molecule has 0 aromatic carbocycles. The fraction of sp³-hybridized carbons (Fsp3) is 0.615. The predicted molar refractivity (Wildman–Crippen MR) is 142 cm³/mol. The van der Waals surface area contributed by atoms with Gasteiger partial charge in [-0.3, -0.25) is 9.59 Å². The number of likely N-dealkylation sites (N-methyl/N-ethyl adjacent to an activating group) is 1. The van der Waals surface area contributed by atoms with Crippen LogP contribution in [0.1, 0.15) is 85.7 Å². The summed E-state index contributed by atoms with van der Waals surface area (Å²) >= 11 is 0.735. The molecule has 0 radical (unpaired) electrons. The van der Waals surface area contributed by atoms with E-state index in [0.717, 1.165) is 49.3 Å². The number of anilines is 1. The molecule has 4 heterocycles. The highest BCUT2D eigenvalue weighted by molar-refractivity contribution is 7.17. The largest absolute Gasteiger partial charge is 0.405 e. The maximum absolute atomic E-state index is 14.1. The number of aliphatic hydroxyl groups is 1.